The van der Waals surface area contributed by atoms with Gasteiger partial charge in [-0.2, -0.15) is 0 Å². The number of morpholine rings is 1. The molecule has 3 heterocycles. The molecule has 1 aromatic heterocycles. The van der Waals surface area contributed by atoms with Crippen molar-refractivity contribution in [1.82, 2.24) is 4.90 Å². The second kappa shape index (κ2) is 11.0. The van der Waals surface area contributed by atoms with Crippen LogP contribution in [0.15, 0.2) is 63.9 Å². The van der Waals surface area contributed by atoms with E-state index in [0.29, 0.717) is 59.1 Å². The molecule has 0 aliphatic carbocycles. The molecule has 190 valence electrons. The molecule has 11 heteroatoms. The first kappa shape index (κ1) is 25.4. The number of benzene rings is 2. The van der Waals surface area contributed by atoms with Gasteiger partial charge in [-0.25, -0.2) is 0 Å². The lowest BCUT2D eigenvalue weighted by atomic mass is 10.2. The van der Waals surface area contributed by atoms with Crippen LogP contribution < -0.4 is 10.2 Å². The van der Waals surface area contributed by atoms with Crippen molar-refractivity contribution in [2.24, 2.45) is 0 Å². The lowest BCUT2D eigenvalue weighted by Gasteiger charge is -2.30. The summed E-state index contributed by atoms with van der Waals surface area (Å²) in [6, 6.07) is 15.8. The maximum Gasteiger partial charge on any atom is 0.294 e. The van der Waals surface area contributed by atoms with Crippen molar-refractivity contribution >= 4 is 69.5 Å². The molecule has 5 rings (SSSR count). The molecule has 37 heavy (non-hydrogen) atoms. The Labute approximate surface area is 227 Å². The Morgan fingerprint density at radius 2 is 1.84 bits per heavy atom. The Kier molecular flexibility index (Phi) is 7.57. The Hall–Kier alpha value is -3.24. The van der Waals surface area contributed by atoms with E-state index in [4.69, 9.17) is 32.4 Å². The third kappa shape index (κ3) is 5.70. The molecule has 2 aliphatic heterocycles. The molecule has 0 saturated carbocycles. The Bertz CT molecular complexity index is 1400. The van der Waals surface area contributed by atoms with Gasteiger partial charge in [0, 0.05) is 29.8 Å². The SMILES string of the molecule is O=C(CN1C(=O)S/C(=C/c2ccc(-c3ccc(Cl)cc3Cl)o2)C1=O)Nc1ccccc1N1CCOCC1. The molecule has 0 unspecified atom stereocenters. The lowest BCUT2D eigenvalue weighted by molar-refractivity contribution is -0.127. The smallest absolute Gasteiger partial charge is 0.294 e. The fourth-order valence-electron chi connectivity index (χ4n) is 4.02. The fraction of sp³-hybridized carbons (Fsp3) is 0.192. The number of nitrogens with one attached hydrogen (secondary N) is 1. The van der Waals surface area contributed by atoms with E-state index >= 15 is 0 Å². The van der Waals surface area contributed by atoms with Gasteiger partial charge in [0.25, 0.3) is 11.1 Å². The average molecular weight is 558 g/mol. The van der Waals surface area contributed by atoms with Crippen LogP contribution in [0.1, 0.15) is 5.76 Å². The Balaban J connectivity index is 1.27. The van der Waals surface area contributed by atoms with Crippen LogP contribution >= 0.6 is 35.0 Å². The molecule has 0 radical (unpaired) electrons. The zero-order chi connectivity index (χ0) is 25.9. The zero-order valence-corrected chi connectivity index (χ0v) is 21.7. The van der Waals surface area contributed by atoms with Crippen LogP contribution in [-0.4, -0.2) is 54.8 Å². The highest BCUT2D eigenvalue weighted by Gasteiger charge is 2.36. The number of thioether (sulfide) groups is 1. The zero-order valence-electron chi connectivity index (χ0n) is 19.4. The van der Waals surface area contributed by atoms with Crippen LogP contribution in [0, 0.1) is 0 Å². The summed E-state index contributed by atoms with van der Waals surface area (Å²) in [5.74, 6) is -0.170. The van der Waals surface area contributed by atoms with Crippen molar-refractivity contribution < 1.29 is 23.5 Å². The molecule has 0 spiro atoms. The number of imide groups is 1. The van der Waals surface area contributed by atoms with Gasteiger partial charge in [0.05, 0.1) is 34.5 Å². The molecule has 2 aliphatic rings. The first-order chi connectivity index (χ1) is 17.9. The summed E-state index contributed by atoms with van der Waals surface area (Å²) in [6.45, 7) is 2.23. The van der Waals surface area contributed by atoms with Crippen molar-refractivity contribution in [2.75, 3.05) is 43.1 Å². The monoisotopic (exact) mass is 557 g/mol. The summed E-state index contributed by atoms with van der Waals surface area (Å²) in [4.78, 5) is 41.5. The summed E-state index contributed by atoms with van der Waals surface area (Å²) in [6.07, 6.45) is 1.48. The Morgan fingerprint density at radius 3 is 2.62 bits per heavy atom. The highest BCUT2D eigenvalue weighted by atomic mass is 35.5. The van der Waals surface area contributed by atoms with Gasteiger partial charge in [-0.3, -0.25) is 19.3 Å². The minimum atomic E-state index is -0.561. The number of hydrogen-bond acceptors (Lipinski definition) is 7. The van der Waals surface area contributed by atoms with Crippen LogP contribution in [0.4, 0.5) is 16.2 Å². The van der Waals surface area contributed by atoms with E-state index in [2.05, 4.69) is 10.2 Å². The van der Waals surface area contributed by atoms with E-state index < -0.39 is 23.6 Å². The third-order valence-corrected chi connectivity index (χ3v) is 7.26. The van der Waals surface area contributed by atoms with Gasteiger partial charge in [-0.15, -0.1) is 0 Å². The summed E-state index contributed by atoms with van der Waals surface area (Å²) in [7, 11) is 0. The fourth-order valence-corrected chi connectivity index (χ4v) is 5.34. The quantitative estimate of drug-likeness (QED) is 0.385. The van der Waals surface area contributed by atoms with Crippen molar-refractivity contribution in [2.45, 2.75) is 0 Å². The summed E-state index contributed by atoms with van der Waals surface area (Å²) >= 11 is 13.0. The molecular formula is C26H21Cl2N3O5S. The summed E-state index contributed by atoms with van der Waals surface area (Å²) in [5, 5.41) is 3.24. The summed E-state index contributed by atoms with van der Waals surface area (Å²) < 4.78 is 11.2. The van der Waals surface area contributed by atoms with Crippen LogP contribution in [0.25, 0.3) is 17.4 Å². The number of anilines is 2. The van der Waals surface area contributed by atoms with Crippen LogP contribution in [0.2, 0.25) is 10.0 Å². The predicted octanol–water partition coefficient (Wildman–Crippen LogP) is 5.77. The van der Waals surface area contributed by atoms with Gasteiger partial charge in [0.2, 0.25) is 5.91 Å². The van der Waals surface area contributed by atoms with Gasteiger partial charge in [0.1, 0.15) is 18.1 Å². The van der Waals surface area contributed by atoms with Gasteiger partial charge in [0.15, 0.2) is 0 Å². The predicted molar refractivity (Wildman–Crippen MR) is 145 cm³/mol. The number of para-hydroxylation sites is 2. The molecular weight excluding hydrogens is 537 g/mol. The number of halogens is 2. The number of amides is 3. The minimum Gasteiger partial charge on any atom is -0.457 e. The molecule has 0 atom stereocenters. The average Bonchev–Trinajstić information content (AvgIpc) is 3.45. The number of rotatable bonds is 6. The van der Waals surface area contributed by atoms with E-state index in [0.717, 1.165) is 22.3 Å². The molecule has 1 N–H and O–H groups in total. The third-order valence-electron chi connectivity index (χ3n) is 5.80. The maximum absolute atomic E-state index is 12.9. The molecule has 2 aromatic carbocycles. The number of carbonyl (C=O) groups excluding carboxylic acids is 3. The molecule has 3 amide bonds. The van der Waals surface area contributed by atoms with E-state index in [-0.39, 0.29) is 4.91 Å². The van der Waals surface area contributed by atoms with Crippen molar-refractivity contribution in [3.05, 3.63) is 75.3 Å². The van der Waals surface area contributed by atoms with Gasteiger partial charge < -0.3 is 19.4 Å². The highest BCUT2D eigenvalue weighted by Crippen LogP contribution is 2.35. The number of hydrogen-bond donors (Lipinski definition) is 1. The van der Waals surface area contributed by atoms with Crippen LogP contribution in [0.3, 0.4) is 0 Å². The van der Waals surface area contributed by atoms with E-state index in [1.807, 2.05) is 18.2 Å². The van der Waals surface area contributed by atoms with Crippen LogP contribution in [-0.2, 0) is 14.3 Å². The number of furan rings is 1. The standard InChI is InChI=1S/C26H21Cl2N3O5S/c27-16-5-7-18(19(28)13-16)22-8-6-17(36-22)14-23-25(33)31(26(34)37-23)15-24(32)29-20-3-1-2-4-21(20)30-9-11-35-12-10-30/h1-8,13-14H,9-12,15H2,(H,29,32)/b23-14+. The van der Waals surface area contributed by atoms with E-state index in [1.54, 1.807) is 36.4 Å². The molecule has 0 bridgehead atoms. The van der Waals surface area contributed by atoms with Gasteiger partial charge in [-0.05, 0) is 54.2 Å². The van der Waals surface area contributed by atoms with E-state index in [1.165, 1.54) is 6.08 Å². The second-order valence-electron chi connectivity index (χ2n) is 8.26. The lowest BCUT2D eigenvalue weighted by Crippen LogP contribution is -2.38. The molecule has 2 saturated heterocycles. The van der Waals surface area contributed by atoms with Gasteiger partial charge in [-0.1, -0.05) is 35.3 Å². The van der Waals surface area contributed by atoms with Crippen LogP contribution in [0.5, 0.6) is 0 Å². The van der Waals surface area contributed by atoms with Crippen molar-refractivity contribution in [3.63, 3.8) is 0 Å². The highest BCUT2D eigenvalue weighted by molar-refractivity contribution is 8.18. The molecule has 2 fully saturated rings. The van der Waals surface area contributed by atoms with E-state index in [9.17, 15) is 14.4 Å². The van der Waals surface area contributed by atoms with Crippen molar-refractivity contribution in [1.29, 1.82) is 0 Å². The number of carbonyl (C=O) groups is 3. The molecule has 3 aromatic rings. The minimum absolute atomic E-state index is 0.162. The topological polar surface area (TPSA) is 92.1 Å². The maximum atomic E-state index is 12.9. The second-order valence-corrected chi connectivity index (χ2v) is 10.1. The summed E-state index contributed by atoms with van der Waals surface area (Å²) in [5.41, 5.74) is 2.12. The number of ether oxygens (including phenoxy) is 1. The normalized spacial score (nSPS) is 17.1. The van der Waals surface area contributed by atoms with Crippen molar-refractivity contribution in [3.8, 4) is 11.3 Å². The Morgan fingerprint density at radius 1 is 1.05 bits per heavy atom. The van der Waals surface area contributed by atoms with Gasteiger partial charge >= 0.3 is 0 Å². The largest absolute Gasteiger partial charge is 0.457 e. The molecule has 8 nitrogen and oxygen atoms in total. The first-order valence-electron chi connectivity index (χ1n) is 11.4. The number of nitrogens with zero attached hydrogens (tertiary/aromatic N) is 2. The first-order valence-corrected chi connectivity index (χ1v) is 13.0.